The minimum absolute atomic E-state index is 0.147. The second-order valence-electron chi connectivity index (χ2n) is 9.05. The molecule has 2 aromatic rings. The summed E-state index contributed by atoms with van der Waals surface area (Å²) in [5, 5.41) is 0. The number of rotatable bonds is 5. The molecule has 2 fully saturated rings. The molecule has 6 heteroatoms. The lowest BCUT2D eigenvalue weighted by Crippen LogP contribution is -2.67. The maximum Gasteiger partial charge on any atom is 0.227 e. The van der Waals surface area contributed by atoms with Crippen LogP contribution in [-0.4, -0.2) is 53.8 Å². The molecule has 6 nitrogen and oxygen atoms in total. The summed E-state index contributed by atoms with van der Waals surface area (Å²) in [7, 11) is 0. The van der Waals surface area contributed by atoms with E-state index in [0.717, 1.165) is 55.0 Å². The summed E-state index contributed by atoms with van der Waals surface area (Å²) in [4.78, 5) is 19.2. The van der Waals surface area contributed by atoms with Crippen LogP contribution >= 0.6 is 0 Å². The predicted molar refractivity (Wildman–Crippen MR) is 116 cm³/mol. The van der Waals surface area contributed by atoms with Gasteiger partial charge in [0.1, 0.15) is 11.4 Å². The van der Waals surface area contributed by atoms with Gasteiger partial charge in [0, 0.05) is 18.7 Å². The van der Waals surface area contributed by atoms with Crippen molar-refractivity contribution in [1.29, 1.82) is 0 Å². The molecule has 1 atom stereocenters. The number of nitrogens with zero attached hydrogens (tertiary/aromatic N) is 2. The van der Waals surface area contributed by atoms with Crippen LogP contribution in [0.3, 0.4) is 0 Å². The number of amides is 1. The average Bonchev–Trinajstić information content (AvgIpc) is 2.76. The molecule has 5 rings (SSSR count). The highest BCUT2D eigenvalue weighted by Gasteiger charge is 2.49. The first-order chi connectivity index (χ1) is 15.1. The fraction of sp³-hybridized carbons (Fsp3) is 0.520. The maximum absolute atomic E-state index is 12.8. The Balaban J connectivity index is 1.12. The number of carbonyl (C=O) groups is 1. The van der Waals surface area contributed by atoms with Crippen LogP contribution in [0.5, 0.6) is 5.75 Å². The Hall–Kier alpha value is -2.44. The van der Waals surface area contributed by atoms with Crippen LogP contribution in [0.25, 0.3) is 0 Å². The lowest BCUT2D eigenvalue weighted by Gasteiger charge is -2.53. The monoisotopic (exact) mass is 422 g/mol. The largest absolute Gasteiger partial charge is 0.493 e. The van der Waals surface area contributed by atoms with Gasteiger partial charge in [-0.3, -0.25) is 9.78 Å². The van der Waals surface area contributed by atoms with Gasteiger partial charge in [0.2, 0.25) is 5.91 Å². The van der Waals surface area contributed by atoms with Crippen molar-refractivity contribution >= 4 is 5.91 Å². The Morgan fingerprint density at radius 3 is 3.03 bits per heavy atom. The SMILES string of the molecule is Cc1cccc(CO[C@@H]2CCOC3(C2)CN(C(=O)Cc2ccc4c(c2)CCCO4)C3)n1. The smallest absolute Gasteiger partial charge is 0.227 e. The molecule has 0 aliphatic carbocycles. The number of aryl methyl sites for hydroxylation is 2. The van der Waals surface area contributed by atoms with E-state index < -0.39 is 0 Å². The Morgan fingerprint density at radius 2 is 2.16 bits per heavy atom. The number of benzene rings is 1. The van der Waals surface area contributed by atoms with Gasteiger partial charge in [-0.2, -0.15) is 0 Å². The van der Waals surface area contributed by atoms with E-state index >= 15 is 0 Å². The minimum atomic E-state index is -0.248. The molecule has 0 radical (unpaired) electrons. The summed E-state index contributed by atoms with van der Waals surface area (Å²) in [6, 6.07) is 12.1. The molecule has 0 N–H and O–H groups in total. The quantitative estimate of drug-likeness (QED) is 0.740. The number of likely N-dealkylation sites (tertiary alicyclic amines) is 1. The second kappa shape index (κ2) is 8.60. The van der Waals surface area contributed by atoms with E-state index in [-0.39, 0.29) is 17.6 Å². The lowest BCUT2D eigenvalue weighted by molar-refractivity contribution is -0.202. The normalized spacial score (nSPS) is 21.8. The molecular weight excluding hydrogens is 392 g/mol. The van der Waals surface area contributed by atoms with Crippen molar-refractivity contribution in [3.63, 3.8) is 0 Å². The van der Waals surface area contributed by atoms with E-state index in [2.05, 4.69) is 11.1 Å². The number of fused-ring (bicyclic) bond motifs is 1. The van der Waals surface area contributed by atoms with Gasteiger partial charge in [0.15, 0.2) is 0 Å². The van der Waals surface area contributed by atoms with E-state index in [0.29, 0.717) is 32.7 Å². The first-order valence-electron chi connectivity index (χ1n) is 11.3. The molecule has 1 aromatic heterocycles. The molecule has 0 bridgehead atoms. The van der Waals surface area contributed by atoms with Crippen LogP contribution in [0, 0.1) is 6.92 Å². The molecule has 4 heterocycles. The van der Waals surface area contributed by atoms with E-state index in [1.54, 1.807) is 0 Å². The second-order valence-corrected chi connectivity index (χ2v) is 9.05. The van der Waals surface area contributed by atoms with E-state index in [4.69, 9.17) is 14.2 Å². The average molecular weight is 423 g/mol. The highest BCUT2D eigenvalue weighted by molar-refractivity contribution is 5.80. The van der Waals surface area contributed by atoms with Gasteiger partial charge in [0.25, 0.3) is 0 Å². The molecule has 2 saturated heterocycles. The van der Waals surface area contributed by atoms with Crippen molar-refractivity contribution in [2.75, 3.05) is 26.3 Å². The molecule has 3 aliphatic heterocycles. The molecule has 164 valence electrons. The predicted octanol–water partition coefficient (Wildman–Crippen LogP) is 3.23. The van der Waals surface area contributed by atoms with Gasteiger partial charge in [0.05, 0.1) is 44.5 Å². The highest BCUT2D eigenvalue weighted by Crippen LogP contribution is 2.36. The molecule has 3 aliphatic rings. The number of hydrogen-bond acceptors (Lipinski definition) is 5. The standard InChI is InChI=1S/C25H30N2O4/c1-18-4-2-6-21(26-18)15-30-22-9-11-31-25(14-22)16-27(17-25)24(28)13-19-7-8-23-20(12-19)5-3-10-29-23/h2,4,6-8,12,22H,3,5,9-11,13-17H2,1H3/t22-/m1/s1. The summed E-state index contributed by atoms with van der Waals surface area (Å²) < 4.78 is 17.9. The van der Waals surface area contributed by atoms with Crippen molar-refractivity contribution in [2.24, 2.45) is 0 Å². The zero-order valence-corrected chi connectivity index (χ0v) is 18.1. The Bertz CT molecular complexity index is 954. The van der Waals surface area contributed by atoms with Gasteiger partial charge in [-0.25, -0.2) is 0 Å². The molecule has 0 saturated carbocycles. The van der Waals surface area contributed by atoms with Crippen LogP contribution < -0.4 is 4.74 Å². The fourth-order valence-electron chi connectivity index (χ4n) is 4.86. The number of ether oxygens (including phenoxy) is 3. The van der Waals surface area contributed by atoms with Gasteiger partial charge >= 0.3 is 0 Å². The van der Waals surface area contributed by atoms with E-state index in [9.17, 15) is 4.79 Å². The number of aromatic nitrogens is 1. The highest BCUT2D eigenvalue weighted by atomic mass is 16.5. The molecular formula is C25H30N2O4. The number of pyridine rings is 1. The van der Waals surface area contributed by atoms with E-state index in [1.807, 2.05) is 42.2 Å². The first-order valence-corrected chi connectivity index (χ1v) is 11.3. The third-order valence-electron chi connectivity index (χ3n) is 6.50. The van der Waals surface area contributed by atoms with Crippen LogP contribution in [0.2, 0.25) is 0 Å². The first kappa shape index (κ1) is 20.5. The van der Waals surface area contributed by atoms with Crippen LogP contribution in [0.15, 0.2) is 36.4 Å². The topological polar surface area (TPSA) is 60.9 Å². The Kier molecular flexibility index (Phi) is 5.67. The summed E-state index contributed by atoms with van der Waals surface area (Å²) in [5.41, 5.74) is 4.00. The van der Waals surface area contributed by atoms with Crippen molar-refractivity contribution in [3.8, 4) is 5.75 Å². The van der Waals surface area contributed by atoms with Gasteiger partial charge in [-0.15, -0.1) is 0 Å². The number of hydrogen-bond donors (Lipinski definition) is 0. The summed E-state index contributed by atoms with van der Waals surface area (Å²) in [6.45, 7) is 5.29. The molecule has 1 spiro atoms. The zero-order valence-electron chi connectivity index (χ0n) is 18.1. The van der Waals surface area contributed by atoms with Gasteiger partial charge < -0.3 is 19.1 Å². The Morgan fingerprint density at radius 1 is 1.26 bits per heavy atom. The number of carbonyl (C=O) groups excluding carboxylic acids is 1. The van der Waals surface area contributed by atoms with Crippen LogP contribution in [-0.2, 0) is 33.7 Å². The van der Waals surface area contributed by atoms with Crippen molar-refractivity contribution in [2.45, 2.75) is 57.3 Å². The minimum Gasteiger partial charge on any atom is -0.493 e. The van der Waals surface area contributed by atoms with Crippen molar-refractivity contribution < 1.29 is 19.0 Å². The van der Waals surface area contributed by atoms with E-state index in [1.165, 1.54) is 5.56 Å². The summed E-state index contributed by atoms with van der Waals surface area (Å²) >= 11 is 0. The van der Waals surface area contributed by atoms with Crippen molar-refractivity contribution in [3.05, 3.63) is 58.9 Å². The maximum atomic E-state index is 12.8. The molecule has 31 heavy (non-hydrogen) atoms. The fourth-order valence-corrected chi connectivity index (χ4v) is 4.86. The van der Waals surface area contributed by atoms with Crippen molar-refractivity contribution in [1.82, 2.24) is 9.88 Å². The summed E-state index contributed by atoms with van der Waals surface area (Å²) in [5.74, 6) is 1.13. The molecule has 1 amide bonds. The third kappa shape index (κ3) is 4.60. The zero-order chi connectivity index (χ0) is 21.3. The lowest BCUT2D eigenvalue weighted by atomic mass is 9.84. The molecule has 1 aromatic carbocycles. The van der Waals surface area contributed by atoms with Gasteiger partial charge in [-0.1, -0.05) is 18.2 Å². The third-order valence-corrected chi connectivity index (χ3v) is 6.50. The Labute approximate surface area is 183 Å². The molecule has 0 unspecified atom stereocenters. The van der Waals surface area contributed by atoms with Crippen LogP contribution in [0.4, 0.5) is 0 Å². The summed E-state index contributed by atoms with van der Waals surface area (Å²) in [6.07, 6.45) is 4.37. The van der Waals surface area contributed by atoms with Gasteiger partial charge in [-0.05, 0) is 55.5 Å². The van der Waals surface area contributed by atoms with Crippen LogP contribution in [0.1, 0.15) is 41.8 Å².